The van der Waals surface area contributed by atoms with Crippen LogP contribution in [0.2, 0.25) is 0 Å². The first-order chi connectivity index (χ1) is 15.8. The van der Waals surface area contributed by atoms with Crippen LogP contribution in [0, 0.1) is 0 Å². The lowest BCUT2D eigenvalue weighted by Crippen LogP contribution is -2.37. The van der Waals surface area contributed by atoms with E-state index >= 15 is 0 Å². The number of hydrogen-bond donors (Lipinski definition) is 2. The van der Waals surface area contributed by atoms with E-state index in [0.29, 0.717) is 31.5 Å². The van der Waals surface area contributed by atoms with Crippen LogP contribution in [-0.2, 0) is 11.3 Å². The Morgan fingerprint density at radius 2 is 1.75 bits per heavy atom. The van der Waals surface area contributed by atoms with Gasteiger partial charge in [0.1, 0.15) is 12.2 Å². The van der Waals surface area contributed by atoms with Gasteiger partial charge < -0.3 is 19.9 Å². The number of fused-ring (bicyclic) bond motifs is 2. The zero-order chi connectivity index (χ0) is 21.3. The van der Waals surface area contributed by atoms with Gasteiger partial charge in [-0.25, -0.2) is 9.97 Å². The number of nitrogens with zero attached hydrogens (tertiary/aromatic N) is 6. The number of para-hydroxylation sites is 3. The molecule has 2 N–H and O–H groups in total. The van der Waals surface area contributed by atoms with Gasteiger partial charge in [-0.1, -0.05) is 30.3 Å². The third-order valence-electron chi connectivity index (χ3n) is 5.57. The number of H-pyrrole nitrogens is 1. The van der Waals surface area contributed by atoms with Gasteiger partial charge in [0.15, 0.2) is 17.0 Å². The van der Waals surface area contributed by atoms with Gasteiger partial charge in [0, 0.05) is 18.8 Å². The average molecular weight is 426 g/mol. The molecule has 0 unspecified atom stereocenters. The van der Waals surface area contributed by atoms with E-state index in [4.69, 9.17) is 14.7 Å². The number of morpholine rings is 1. The van der Waals surface area contributed by atoms with Crippen LogP contribution in [0.1, 0.15) is 5.82 Å². The Morgan fingerprint density at radius 1 is 0.938 bits per heavy atom. The van der Waals surface area contributed by atoms with Gasteiger partial charge in [0.25, 0.3) is 0 Å². The molecule has 0 amide bonds. The van der Waals surface area contributed by atoms with E-state index in [-0.39, 0.29) is 0 Å². The molecule has 0 saturated carbocycles. The van der Waals surface area contributed by atoms with Crippen LogP contribution >= 0.6 is 0 Å². The van der Waals surface area contributed by atoms with E-state index < -0.39 is 0 Å². The van der Waals surface area contributed by atoms with Crippen molar-refractivity contribution in [3.63, 3.8) is 0 Å². The summed E-state index contributed by atoms with van der Waals surface area (Å²) in [4.78, 5) is 24.5. The molecule has 0 bridgehead atoms. The van der Waals surface area contributed by atoms with Crippen molar-refractivity contribution in [3.8, 4) is 5.69 Å². The van der Waals surface area contributed by atoms with E-state index in [9.17, 15) is 0 Å². The highest BCUT2D eigenvalue weighted by Crippen LogP contribution is 2.26. The number of ether oxygens (including phenoxy) is 1. The summed E-state index contributed by atoms with van der Waals surface area (Å²) in [5, 5.41) is 3.43. The number of rotatable bonds is 5. The van der Waals surface area contributed by atoms with Crippen molar-refractivity contribution >= 4 is 34.0 Å². The van der Waals surface area contributed by atoms with Gasteiger partial charge in [-0.3, -0.25) is 4.57 Å². The molecule has 0 aliphatic carbocycles. The van der Waals surface area contributed by atoms with Gasteiger partial charge >= 0.3 is 0 Å². The molecular weight excluding hydrogens is 404 g/mol. The Balaban J connectivity index is 1.40. The molecular formula is C23H22N8O. The van der Waals surface area contributed by atoms with E-state index in [1.807, 2.05) is 59.2 Å². The van der Waals surface area contributed by atoms with Crippen LogP contribution in [0.15, 0.2) is 60.9 Å². The van der Waals surface area contributed by atoms with E-state index in [2.05, 4.69) is 25.2 Å². The second-order valence-electron chi connectivity index (χ2n) is 7.65. The normalized spacial score (nSPS) is 14.3. The van der Waals surface area contributed by atoms with Crippen molar-refractivity contribution in [2.75, 3.05) is 36.5 Å². The lowest BCUT2D eigenvalue weighted by molar-refractivity contribution is 0.122. The fourth-order valence-electron chi connectivity index (χ4n) is 3.95. The predicted molar refractivity (Wildman–Crippen MR) is 123 cm³/mol. The van der Waals surface area contributed by atoms with Gasteiger partial charge in [0.05, 0.1) is 30.8 Å². The topological polar surface area (TPSA) is 96.8 Å². The molecule has 0 spiro atoms. The Bertz CT molecular complexity index is 1340. The molecule has 4 heterocycles. The lowest BCUT2D eigenvalue weighted by Gasteiger charge is -2.27. The molecule has 1 aliphatic rings. The molecule has 3 aromatic heterocycles. The highest BCUT2D eigenvalue weighted by atomic mass is 16.5. The average Bonchev–Trinajstić information content (AvgIpc) is 3.47. The fourth-order valence-corrected chi connectivity index (χ4v) is 3.95. The third-order valence-corrected chi connectivity index (χ3v) is 5.57. The minimum atomic E-state index is 0.502. The highest BCUT2D eigenvalue weighted by Gasteiger charge is 2.20. The maximum atomic E-state index is 5.51. The molecule has 1 saturated heterocycles. The number of benzene rings is 2. The predicted octanol–water partition coefficient (Wildman–Crippen LogP) is 3.14. The number of hydrogen-bond acceptors (Lipinski definition) is 7. The quantitative estimate of drug-likeness (QED) is 0.446. The molecule has 6 rings (SSSR count). The highest BCUT2D eigenvalue weighted by molar-refractivity contribution is 5.85. The summed E-state index contributed by atoms with van der Waals surface area (Å²) >= 11 is 0. The van der Waals surface area contributed by atoms with Crippen LogP contribution in [0.5, 0.6) is 0 Å². The van der Waals surface area contributed by atoms with E-state index in [1.54, 1.807) is 6.33 Å². The summed E-state index contributed by atoms with van der Waals surface area (Å²) < 4.78 is 7.50. The molecule has 32 heavy (non-hydrogen) atoms. The number of anilines is 2. The van der Waals surface area contributed by atoms with Crippen LogP contribution in [-0.4, -0.2) is 55.8 Å². The van der Waals surface area contributed by atoms with Crippen molar-refractivity contribution in [3.05, 3.63) is 66.7 Å². The smallest absolute Gasteiger partial charge is 0.229 e. The van der Waals surface area contributed by atoms with Crippen LogP contribution in [0.25, 0.3) is 27.9 Å². The second kappa shape index (κ2) is 7.93. The molecule has 0 atom stereocenters. The first kappa shape index (κ1) is 18.8. The minimum Gasteiger partial charge on any atom is -0.378 e. The Morgan fingerprint density at radius 3 is 2.59 bits per heavy atom. The largest absolute Gasteiger partial charge is 0.378 e. The first-order valence-electron chi connectivity index (χ1n) is 10.7. The Labute approximate surface area is 184 Å². The van der Waals surface area contributed by atoms with E-state index in [0.717, 1.165) is 46.8 Å². The SMILES string of the molecule is c1ccc(-n2cnc3c(NCc4nc5ccccc5[nH]4)nc(N4CCOCC4)nc32)cc1. The van der Waals surface area contributed by atoms with Gasteiger partial charge in [-0.15, -0.1) is 0 Å². The lowest BCUT2D eigenvalue weighted by atomic mass is 10.3. The van der Waals surface area contributed by atoms with Crippen molar-refractivity contribution in [1.29, 1.82) is 0 Å². The number of aromatic nitrogens is 6. The molecule has 1 fully saturated rings. The molecule has 9 nitrogen and oxygen atoms in total. The van der Waals surface area contributed by atoms with Gasteiger partial charge in [0.2, 0.25) is 5.95 Å². The van der Waals surface area contributed by atoms with Crippen LogP contribution < -0.4 is 10.2 Å². The first-order valence-corrected chi connectivity index (χ1v) is 10.7. The number of aromatic amines is 1. The molecule has 9 heteroatoms. The zero-order valence-corrected chi connectivity index (χ0v) is 17.4. The fraction of sp³-hybridized carbons (Fsp3) is 0.217. The standard InChI is InChI=1S/C23H22N8O/c1-2-6-16(7-3-1)31-15-25-20-21(24-14-19-26-17-8-4-5-9-18(17)27-19)28-23(29-22(20)31)30-10-12-32-13-11-30/h1-9,15H,10-14H2,(H,26,27)(H,24,28,29). The molecule has 0 radical (unpaired) electrons. The maximum Gasteiger partial charge on any atom is 0.229 e. The number of nitrogens with one attached hydrogen (secondary N) is 2. The molecule has 1 aliphatic heterocycles. The molecule has 160 valence electrons. The second-order valence-corrected chi connectivity index (χ2v) is 7.65. The van der Waals surface area contributed by atoms with Crippen molar-refractivity contribution < 1.29 is 4.74 Å². The Kier molecular flexibility index (Phi) is 4.65. The van der Waals surface area contributed by atoms with Crippen LogP contribution in [0.3, 0.4) is 0 Å². The molecule has 5 aromatic rings. The summed E-state index contributed by atoms with van der Waals surface area (Å²) in [6.07, 6.45) is 1.80. The van der Waals surface area contributed by atoms with Crippen molar-refractivity contribution in [2.45, 2.75) is 6.54 Å². The summed E-state index contributed by atoms with van der Waals surface area (Å²) in [6, 6.07) is 18.1. The third kappa shape index (κ3) is 3.42. The summed E-state index contributed by atoms with van der Waals surface area (Å²) in [5.41, 5.74) is 4.45. The van der Waals surface area contributed by atoms with Crippen molar-refractivity contribution in [2.24, 2.45) is 0 Å². The summed E-state index contributed by atoms with van der Waals surface area (Å²) in [7, 11) is 0. The maximum absolute atomic E-state index is 5.51. The zero-order valence-electron chi connectivity index (χ0n) is 17.4. The monoisotopic (exact) mass is 426 g/mol. The number of imidazole rings is 2. The minimum absolute atomic E-state index is 0.502. The Hall–Kier alpha value is -3.98. The van der Waals surface area contributed by atoms with Gasteiger partial charge in [-0.2, -0.15) is 9.97 Å². The van der Waals surface area contributed by atoms with Crippen LogP contribution in [0.4, 0.5) is 11.8 Å². The van der Waals surface area contributed by atoms with Gasteiger partial charge in [-0.05, 0) is 24.3 Å². The van der Waals surface area contributed by atoms with E-state index in [1.165, 1.54) is 0 Å². The van der Waals surface area contributed by atoms with Crippen molar-refractivity contribution in [1.82, 2.24) is 29.5 Å². The summed E-state index contributed by atoms with van der Waals surface area (Å²) in [6.45, 7) is 3.35. The summed E-state index contributed by atoms with van der Waals surface area (Å²) in [5.74, 6) is 2.20. The molecule has 2 aromatic carbocycles.